The molecule has 1 heterocycles. The molecule has 8 heteroatoms. The topological polar surface area (TPSA) is 121 Å². The fourth-order valence-corrected chi connectivity index (χ4v) is 2.08. The monoisotopic (exact) mass is 377 g/mol. The number of carbonyl (C=O) groups is 3. The molecule has 1 aromatic heterocycles. The van der Waals surface area contributed by atoms with Crippen molar-refractivity contribution >= 4 is 17.8 Å². The number of rotatable bonds is 8. The Morgan fingerprint density at radius 3 is 2.30 bits per heavy atom. The molecule has 8 nitrogen and oxygen atoms in total. The lowest BCUT2D eigenvalue weighted by molar-refractivity contribution is -0.158. The zero-order chi connectivity index (χ0) is 20.8. The van der Waals surface area contributed by atoms with Crippen molar-refractivity contribution < 1.29 is 23.5 Å². The Hall–Kier alpha value is -2.82. The van der Waals surface area contributed by atoms with Crippen LogP contribution >= 0.6 is 0 Å². The van der Waals surface area contributed by atoms with E-state index in [2.05, 4.69) is 16.7 Å². The van der Waals surface area contributed by atoms with Crippen LogP contribution in [0.5, 0.6) is 0 Å². The van der Waals surface area contributed by atoms with Gasteiger partial charge < -0.3 is 19.8 Å². The third-order valence-electron chi connectivity index (χ3n) is 4.38. The highest BCUT2D eigenvalue weighted by Crippen LogP contribution is 2.16. The summed E-state index contributed by atoms with van der Waals surface area (Å²) in [6.45, 7) is 10.1. The van der Waals surface area contributed by atoms with Crippen molar-refractivity contribution in [2.75, 3.05) is 0 Å². The van der Waals surface area contributed by atoms with Gasteiger partial charge in [0.15, 0.2) is 11.9 Å². The van der Waals surface area contributed by atoms with Gasteiger partial charge in [0.05, 0.1) is 12.3 Å². The van der Waals surface area contributed by atoms with Gasteiger partial charge in [-0.15, -0.1) is 0 Å². The molecule has 0 aliphatic carbocycles. The van der Waals surface area contributed by atoms with Crippen LogP contribution in [0, 0.1) is 23.2 Å². The molecule has 3 unspecified atom stereocenters. The molecule has 0 saturated carbocycles. The molecule has 3 atom stereocenters. The van der Waals surface area contributed by atoms with Gasteiger partial charge in [-0.05, 0) is 37.8 Å². The van der Waals surface area contributed by atoms with Gasteiger partial charge in [0, 0.05) is 0 Å². The summed E-state index contributed by atoms with van der Waals surface area (Å²) in [7, 11) is 0. The number of amides is 2. The average Bonchev–Trinajstić information content (AvgIpc) is 3.13. The van der Waals surface area contributed by atoms with E-state index in [4.69, 9.17) is 9.15 Å². The van der Waals surface area contributed by atoms with Crippen LogP contribution in [-0.2, 0) is 14.3 Å². The molecule has 1 rings (SSSR count). The molecule has 27 heavy (non-hydrogen) atoms. The number of nitrogens with zero attached hydrogens (tertiary/aromatic N) is 1. The number of nitriles is 1. The first kappa shape index (κ1) is 22.2. The number of hydrogen-bond acceptors (Lipinski definition) is 6. The first-order valence-corrected chi connectivity index (χ1v) is 8.80. The summed E-state index contributed by atoms with van der Waals surface area (Å²) >= 11 is 0. The zero-order valence-electron chi connectivity index (χ0n) is 16.5. The zero-order valence-corrected chi connectivity index (χ0v) is 16.5. The van der Waals surface area contributed by atoms with Crippen LogP contribution in [0.25, 0.3) is 0 Å². The van der Waals surface area contributed by atoms with E-state index in [1.807, 2.05) is 0 Å². The molecule has 0 fully saturated rings. The fraction of sp³-hybridized carbons (Fsp3) is 0.579. The van der Waals surface area contributed by atoms with Gasteiger partial charge in [-0.1, -0.05) is 27.7 Å². The maximum atomic E-state index is 12.5. The Bertz CT molecular complexity index is 705. The van der Waals surface area contributed by atoms with E-state index in [0.717, 1.165) is 0 Å². The maximum Gasteiger partial charge on any atom is 0.329 e. The normalized spacial score (nSPS) is 15.4. The van der Waals surface area contributed by atoms with Crippen molar-refractivity contribution in [3.63, 3.8) is 0 Å². The summed E-state index contributed by atoms with van der Waals surface area (Å²) in [6.07, 6.45) is 0.232. The maximum absolute atomic E-state index is 12.5. The minimum absolute atomic E-state index is 0.0703. The van der Waals surface area contributed by atoms with Gasteiger partial charge >= 0.3 is 5.97 Å². The lowest BCUT2D eigenvalue weighted by atomic mass is 9.90. The molecule has 0 aliphatic heterocycles. The predicted molar refractivity (Wildman–Crippen MR) is 97.4 cm³/mol. The van der Waals surface area contributed by atoms with E-state index in [1.165, 1.54) is 19.3 Å². The molecule has 2 amide bonds. The summed E-state index contributed by atoms with van der Waals surface area (Å²) in [5.41, 5.74) is -1.08. The molecule has 0 bridgehead atoms. The molecule has 1 aromatic rings. The molecule has 148 valence electrons. The Morgan fingerprint density at radius 1 is 1.22 bits per heavy atom. The first-order valence-electron chi connectivity index (χ1n) is 8.80. The first-order chi connectivity index (χ1) is 12.5. The largest absolute Gasteiger partial charge is 0.459 e. The third kappa shape index (κ3) is 5.84. The van der Waals surface area contributed by atoms with Gasteiger partial charge in [0.25, 0.3) is 11.8 Å². The van der Waals surface area contributed by atoms with E-state index < -0.39 is 35.5 Å². The molecule has 0 radical (unpaired) electrons. The summed E-state index contributed by atoms with van der Waals surface area (Å²) in [5, 5.41) is 14.4. The van der Waals surface area contributed by atoms with Crippen molar-refractivity contribution in [2.24, 2.45) is 11.8 Å². The van der Waals surface area contributed by atoms with Gasteiger partial charge in [-0.25, -0.2) is 4.79 Å². The Labute approximate surface area is 159 Å². The number of hydrogen-bond donors (Lipinski definition) is 2. The van der Waals surface area contributed by atoms with Crippen molar-refractivity contribution in [1.29, 1.82) is 5.26 Å². The molecule has 2 N–H and O–H groups in total. The fourth-order valence-electron chi connectivity index (χ4n) is 2.08. The Balaban J connectivity index is 2.76. The van der Waals surface area contributed by atoms with E-state index in [9.17, 15) is 19.6 Å². The second kappa shape index (κ2) is 9.21. The van der Waals surface area contributed by atoms with Gasteiger partial charge in [-0.2, -0.15) is 5.26 Å². The number of esters is 1. The van der Waals surface area contributed by atoms with E-state index in [-0.39, 0.29) is 17.6 Å². The van der Waals surface area contributed by atoms with Gasteiger partial charge in [0.2, 0.25) is 0 Å². The lowest BCUT2D eigenvalue weighted by Gasteiger charge is -2.29. The van der Waals surface area contributed by atoms with Crippen molar-refractivity contribution in [3.8, 4) is 6.07 Å². The minimum atomic E-state index is -1.12. The predicted octanol–water partition coefficient (Wildman–Crippen LogP) is 2.02. The van der Waals surface area contributed by atoms with Crippen molar-refractivity contribution in [1.82, 2.24) is 10.6 Å². The number of nitrogens with one attached hydrogen (secondary N) is 2. The standard InChI is InChI=1S/C19H27N3O5/c1-11(2)15(21-17(24)14-8-7-9-26-14)18(25)27-13(5)16(23)22-19(6,10-20)12(3)4/h7-9,11-13,15H,1-6H3,(H,21,24)(H,22,23). The van der Waals surface area contributed by atoms with Crippen LogP contribution in [0.2, 0.25) is 0 Å². The van der Waals surface area contributed by atoms with Gasteiger partial charge in [-0.3, -0.25) is 9.59 Å². The van der Waals surface area contributed by atoms with Crippen LogP contribution in [0.4, 0.5) is 0 Å². The summed E-state index contributed by atoms with van der Waals surface area (Å²) in [4.78, 5) is 36.9. The number of ether oxygens (including phenoxy) is 1. The van der Waals surface area contributed by atoms with Crippen molar-refractivity contribution in [3.05, 3.63) is 24.2 Å². The molecule has 0 spiro atoms. The van der Waals surface area contributed by atoms with Gasteiger partial charge in [0.1, 0.15) is 11.6 Å². The van der Waals surface area contributed by atoms with E-state index in [0.29, 0.717) is 0 Å². The molecule has 0 saturated heterocycles. The van der Waals surface area contributed by atoms with Crippen LogP contribution < -0.4 is 10.6 Å². The number of furan rings is 1. The lowest BCUT2D eigenvalue weighted by Crippen LogP contribution is -2.53. The number of carbonyl (C=O) groups excluding carboxylic acids is 3. The van der Waals surface area contributed by atoms with Crippen LogP contribution in [0.1, 0.15) is 52.1 Å². The van der Waals surface area contributed by atoms with Crippen LogP contribution in [0.15, 0.2) is 22.8 Å². The molecular formula is C19H27N3O5. The quantitative estimate of drug-likeness (QED) is 0.669. The highest BCUT2D eigenvalue weighted by molar-refractivity contribution is 5.95. The van der Waals surface area contributed by atoms with Crippen molar-refractivity contribution in [2.45, 2.75) is 59.2 Å². The highest BCUT2D eigenvalue weighted by Gasteiger charge is 2.34. The van der Waals surface area contributed by atoms with Crippen LogP contribution in [-0.4, -0.2) is 35.5 Å². The minimum Gasteiger partial charge on any atom is -0.459 e. The van der Waals surface area contributed by atoms with E-state index >= 15 is 0 Å². The van der Waals surface area contributed by atoms with Crippen LogP contribution in [0.3, 0.4) is 0 Å². The molecule has 0 aliphatic rings. The summed E-state index contributed by atoms with van der Waals surface area (Å²) in [6, 6.07) is 4.14. The smallest absolute Gasteiger partial charge is 0.329 e. The average molecular weight is 377 g/mol. The molecular weight excluding hydrogens is 350 g/mol. The SMILES string of the molecule is CC(OC(=O)C(NC(=O)c1ccco1)C(C)C)C(=O)NC(C)(C#N)C(C)C. The third-order valence-corrected chi connectivity index (χ3v) is 4.38. The Morgan fingerprint density at radius 2 is 1.85 bits per heavy atom. The summed E-state index contributed by atoms with van der Waals surface area (Å²) < 4.78 is 10.2. The van der Waals surface area contributed by atoms with E-state index in [1.54, 1.807) is 40.7 Å². The molecule has 0 aromatic carbocycles. The second-order valence-electron chi connectivity index (χ2n) is 7.21. The second-order valence-corrected chi connectivity index (χ2v) is 7.21. The summed E-state index contributed by atoms with van der Waals surface area (Å²) in [5.74, 6) is -2.21. The highest BCUT2D eigenvalue weighted by atomic mass is 16.5. The Kier molecular flexibility index (Phi) is 7.58.